The summed E-state index contributed by atoms with van der Waals surface area (Å²) in [4.78, 5) is 0. The van der Waals surface area contributed by atoms with Crippen molar-refractivity contribution in [3.05, 3.63) is 34.9 Å². The Morgan fingerprint density at radius 2 is 2.07 bits per heavy atom. The summed E-state index contributed by atoms with van der Waals surface area (Å²) in [5, 5.41) is 0. The van der Waals surface area contributed by atoms with E-state index in [1.165, 1.54) is 16.7 Å². The molecule has 2 N–H and O–H groups in total. The average Bonchev–Trinajstić information content (AvgIpc) is 2.10. The van der Waals surface area contributed by atoms with Crippen LogP contribution >= 0.6 is 11.8 Å². The highest BCUT2D eigenvalue weighted by Crippen LogP contribution is 2.13. The lowest BCUT2D eigenvalue weighted by Gasteiger charge is -2.12. The molecule has 0 spiro atoms. The Morgan fingerprint density at radius 3 is 2.64 bits per heavy atom. The minimum Gasteiger partial charge on any atom is -0.327 e. The van der Waals surface area contributed by atoms with Crippen molar-refractivity contribution < 1.29 is 0 Å². The predicted molar refractivity (Wildman–Crippen MR) is 66.0 cm³/mol. The largest absolute Gasteiger partial charge is 0.327 e. The number of nitrogens with two attached hydrogens (primary N) is 1. The van der Waals surface area contributed by atoms with Gasteiger partial charge in [0.2, 0.25) is 0 Å². The highest BCUT2D eigenvalue weighted by atomic mass is 32.2. The molecular weight excluding hydrogens is 190 g/mol. The van der Waals surface area contributed by atoms with E-state index in [1.807, 2.05) is 11.8 Å². The van der Waals surface area contributed by atoms with Crippen LogP contribution in [0.25, 0.3) is 0 Å². The molecule has 1 aromatic rings. The minimum atomic E-state index is 0.284. The molecule has 1 nitrogen and oxygen atoms in total. The number of hydrogen-bond acceptors (Lipinski definition) is 2. The fourth-order valence-corrected chi connectivity index (χ4v) is 2.18. The van der Waals surface area contributed by atoms with Gasteiger partial charge in [0.05, 0.1) is 0 Å². The van der Waals surface area contributed by atoms with E-state index in [9.17, 15) is 0 Å². The van der Waals surface area contributed by atoms with Gasteiger partial charge in [0.15, 0.2) is 0 Å². The lowest BCUT2D eigenvalue weighted by molar-refractivity contribution is 0.745. The molecule has 0 radical (unpaired) electrons. The van der Waals surface area contributed by atoms with Crippen LogP contribution in [0.4, 0.5) is 0 Å². The quantitative estimate of drug-likeness (QED) is 0.824. The molecule has 0 aliphatic heterocycles. The van der Waals surface area contributed by atoms with Gasteiger partial charge in [0.25, 0.3) is 0 Å². The van der Waals surface area contributed by atoms with Crippen LogP contribution in [-0.4, -0.2) is 18.1 Å². The van der Waals surface area contributed by atoms with Gasteiger partial charge in [0, 0.05) is 11.8 Å². The molecule has 14 heavy (non-hydrogen) atoms. The summed E-state index contributed by atoms with van der Waals surface area (Å²) in [6.07, 6.45) is 3.09. The van der Waals surface area contributed by atoms with Crippen molar-refractivity contribution in [1.82, 2.24) is 0 Å². The molecule has 0 heterocycles. The van der Waals surface area contributed by atoms with E-state index in [-0.39, 0.29) is 6.04 Å². The molecular formula is C12H19NS. The Labute approximate surface area is 91.1 Å². The summed E-state index contributed by atoms with van der Waals surface area (Å²) in [5.41, 5.74) is 10.1. The fourth-order valence-electron chi connectivity index (χ4n) is 1.63. The van der Waals surface area contributed by atoms with Crippen LogP contribution in [0.15, 0.2) is 18.2 Å². The first kappa shape index (κ1) is 11.6. The SMILES string of the molecule is CSCC(N)Cc1ccc(C)cc1C. The van der Waals surface area contributed by atoms with Crippen LogP contribution in [-0.2, 0) is 6.42 Å². The fraction of sp³-hybridized carbons (Fsp3) is 0.500. The van der Waals surface area contributed by atoms with Gasteiger partial charge in [-0.15, -0.1) is 0 Å². The lowest BCUT2D eigenvalue weighted by Crippen LogP contribution is -2.25. The normalized spacial score (nSPS) is 12.9. The third kappa shape index (κ3) is 3.35. The number of thioether (sulfide) groups is 1. The molecule has 0 aromatic heterocycles. The molecule has 0 aliphatic rings. The van der Waals surface area contributed by atoms with Crippen molar-refractivity contribution in [2.45, 2.75) is 26.3 Å². The van der Waals surface area contributed by atoms with Crippen molar-refractivity contribution in [3.8, 4) is 0 Å². The van der Waals surface area contributed by atoms with Crippen LogP contribution in [0.2, 0.25) is 0 Å². The Bertz CT molecular complexity index is 296. The predicted octanol–water partition coefficient (Wildman–Crippen LogP) is 2.54. The minimum absolute atomic E-state index is 0.284. The van der Waals surface area contributed by atoms with Gasteiger partial charge in [-0.25, -0.2) is 0 Å². The summed E-state index contributed by atoms with van der Waals surface area (Å²) >= 11 is 1.81. The molecule has 0 fully saturated rings. The van der Waals surface area contributed by atoms with Crippen LogP contribution in [0.3, 0.4) is 0 Å². The molecule has 2 heteroatoms. The Kier molecular flexibility index (Phi) is 4.49. The maximum atomic E-state index is 6.00. The number of hydrogen-bond donors (Lipinski definition) is 1. The van der Waals surface area contributed by atoms with Crippen LogP contribution in [0.1, 0.15) is 16.7 Å². The van der Waals surface area contributed by atoms with Crippen molar-refractivity contribution in [3.63, 3.8) is 0 Å². The van der Waals surface area contributed by atoms with E-state index < -0.39 is 0 Å². The van der Waals surface area contributed by atoms with E-state index >= 15 is 0 Å². The molecule has 1 rings (SSSR count). The third-order valence-electron chi connectivity index (χ3n) is 2.36. The van der Waals surface area contributed by atoms with Crippen molar-refractivity contribution in [2.24, 2.45) is 5.73 Å². The molecule has 0 saturated carbocycles. The summed E-state index contributed by atoms with van der Waals surface area (Å²) in [6.45, 7) is 4.28. The second kappa shape index (κ2) is 5.42. The average molecular weight is 209 g/mol. The molecule has 0 bridgehead atoms. The number of benzene rings is 1. The zero-order valence-corrected chi connectivity index (χ0v) is 10.0. The Morgan fingerprint density at radius 1 is 1.36 bits per heavy atom. The maximum absolute atomic E-state index is 6.00. The van der Waals surface area contributed by atoms with Gasteiger partial charge in [-0.3, -0.25) is 0 Å². The van der Waals surface area contributed by atoms with Gasteiger partial charge in [-0.1, -0.05) is 23.8 Å². The van der Waals surface area contributed by atoms with Crippen molar-refractivity contribution in [1.29, 1.82) is 0 Å². The standard InChI is InChI=1S/C12H19NS/c1-9-4-5-11(10(2)6-9)7-12(13)8-14-3/h4-6,12H,7-8,13H2,1-3H3. The summed E-state index contributed by atoms with van der Waals surface area (Å²) in [7, 11) is 0. The van der Waals surface area contributed by atoms with Crippen LogP contribution in [0, 0.1) is 13.8 Å². The van der Waals surface area contributed by atoms with Crippen molar-refractivity contribution in [2.75, 3.05) is 12.0 Å². The van der Waals surface area contributed by atoms with Gasteiger partial charge >= 0.3 is 0 Å². The Balaban J connectivity index is 2.67. The molecule has 0 amide bonds. The van der Waals surface area contributed by atoms with E-state index in [1.54, 1.807) is 0 Å². The van der Waals surface area contributed by atoms with Crippen molar-refractivity contribution >= 4 is 11.8 Å². The zero-order chi connectivity index (χ0) is 10.6. The van der Waals surface area contributed by atoms with E-state index in [4.69, 9.17) is 5.73 Å². The Hall–Kier alpha value is -0.470. The van der Waals surface area contributed by atoms with E-state index in [0.717, 1.165) is 12.2 Å². The molecule has 0 saturated heterocycles. The van der Waals surface area contributed by atoms with E-state index in [2.05, 4.69) is 38.3 Å². The van der Waals surface area contributed by atoms with Gasteiger partial charge in [-0.05, 0) is 37.7 Å². The van der Waals surface area contributed by atoms with Gasteiger partial charge < -0.3 is 5.73 Å². The summed E-state index contributed by atoms with van der Waals surface area (Å²) in [5.74, 6) is 1.04. The first-order valence-corrected chi connectivity index (χ1v) is 6.33. The third-order valence-corrected chi connectivity index (χ3v) is 3.12. The first-order valence-electron chi connectivity index (χ1n) is 4.94. The van der Waals surface area contributed by atoms with Crippen LogP contribution in [0.5, 0.6) is 0 Å². The topological polar surface area (TPSA) is 26.0 Å². The maximum Gasteiger partial charge on any atom is 0.0171 e. The zero-order valence-electron chi connectivity index (χ0n) is 9.21. The number of aryl methyl sites for hydroxylation is 2. The molecule has 78 valence electrons. The second-order valence-corrected chi connectivity index (χ2v) is 4.76. The second-order valence-electron chi connectivity index (χ2n) is 3.85. The van der Waals surface area contributed by atoms with Gasteiger partial charge in [-0.2, -0.15) is 11.8 Å². The smallest absolute Gasteiger partial charge is 0.0171 e. The van der Waals surface area contributed by atoms with E-state index in [0.29, 0.717) is 0 Å². The monoisotopic (exact) mass is 209 g/mol. The first-order chi connectivity index (χ1) is 6.63. The molecule has 1 unspecified atom stereocenters. The summed E-state index contributed by atoms with van der Waals surface area (Å²) < 4.78 is 0. The molecule has 1 atom stereocenters. The molecule has 1 aromatic carbocycles. The summed E-state index contributed by atoms with van der Waals surface area (Å²) in [6, 6.07) is 6.87. The highest BCUT2D eigenvalue weighted by molar-refractivity contribution is 7.98. The highest BCUT2D eigenvalue weighted by Gasteiger charge is 2.05. The lowest BCUT2D eigenvalue weighted by atomic mass is 10.0. The van der Waals surface area contributed by atoms with Gasteiger partial charge in [0.1, 0.15) is 0 Å². The number of rotatable bonds is 4. The van der Waals surface area contributed by atoms with Crippen LogP contribution < -0.4 is 5.73 Å². The molecule has 0 aliphatic carbocycles.